The molecule has 1 heterocycles. The quantitative estimate of drug-likeness (QED) is 0.855. The molecular formula is C16H20FNO2. The maximum atomic E-state index is 13.3. The van der Waals surface area contributed by atoms with Crippen LogP contribution in [0.2, 0.25) is 0 Å². The minimum atomic E-state index is -0.280. The highest BCUT2D eigenvalue weighted by molar-refractivity contribution is 5.41. The Kier molecular flexibility index (Phi) is 5.54. The molecule has 0 aliphatic carbocycles. The first-order chi connectivity index (χ1) is 9.69. The summed E-state index contributed by atoms with van der Waals surface area (Å²) in [5.41, 5.74) is 1.73. The van der Waals surface area contributed by atoms with E-state index in [9.17, 15) is 4.39 Å². The number of hydrogen-bond donors (Lipinski definition) is 1. The van der Waals surface area contributed by atoms with E-state index in [0.717, 1.165) is 31.8 Å². The van der Waals surface area contributed by atoms with Crippen molar-refractivity contribution in [1.82, 2.24) is 4.90 Å². The Morgan fingerprint density at radius 3 is 3.10 bits per heavy atom. The van der Waals surface area contributed by atoms with Gasteiger partial charge in [0, 0.05) is 31.6 Å². The van der Waals surface area contributed by atoms with Gasteiger partial charge in [-0.15, -0.1) is 0 Å². The SMILES string of the molecule is CC1CN(Cc2ccc(F)cc2C#CCCO)CCO1. The standard InChI is InChI=1S/C16H20FNO2/c1-13-11-18(7-9-20-13)12-15-5-6-16(17)10-14(15)4-2-3-8-19/h5-6,10,13,19H,3,7-9,11-12H2,1H3. The molecule has 1 atom stereocenters. The summed E-state index contributed by atoms with van der Waals surface area (Å²) in [6.07, 6.45) is 0.637. The van der Waals surface area contributed by atoms with Gasteiger partial charge in [0.15, 0.2) is 0 Å². The van der Waals surface area contributed by atoms with Crippen LogP contribution in [0.5, 0.6) is 0 Å². The molecule has 0 amide bonds. The van der Waals surface area contributed by atoms with Crippen LogP contribution in [0.3, 0.4) is 0 Å². The molecule has 1 unspecified atom stereocenters. The third-order valence-electron chi connectivity index (χ3n) is 3.25. The first-order valence-electron chi connectivity index (χ1n) is 6.91. The van der Waals surface area contributed by atoms with Crippen molar-refractivity contribution in [3.8, 4) is 11.8 Å². The molecule has 108 valence electrons. The lowest BCUT2D eigenvalue weighted by molar-refractivity contribution is -0.0212. The lowest BCUT2D eigenvalue weighted by atomic mass is 10.1. The Bertz CT molecular complexity index is 507. The molecule has 0 aromatic heterocycles. The number of aliphatic hydroxyl groups excluding tert-OH is 1. The van der Waals surface area contributed by atoms with E-state index >= 15 is 0 Å². The second kappa shape index (κ2) is 7.39. The molecular weight excluding hydrogens is 257 g/mol. The van der Waals surface area contributed by atoms with E-state index in [4.69, 9.17) is 9.84 Å². The van der Waals surface area contributed by atoms with E-state index < -0.39 is 0 Å². The number of ether oxygens (including phenoxy) is 1. The van der Waals surface area contributed by atoms with Crippen molar-refractivity contribution in [2.75, 3.05) is 26.3 Å². The van der Waals surface area contributed by atoms with Crippen LogP contribution in [0, 0.1) is 17.7 Å². The van der Waals surface area contributed by atoms with E-state index in [1.54, 1.807) is 6.07 Å². The second-order valence-electron chi connectivity index (χ2n) is 4.99. The van der Waals surface area contributed by atoms with Gasteiger partial charge >= 0.3 is 0 Å². The van der Waals surface area contributed by atoms with Gasteiger partial charge in [-0.3, -0.25) is 4.90 Å². The maximum Gasteiger partial charge on any atom is 0.124 e. The molecule has 1 aliphatic heterocycles. The Labute approximate surface area is 119 Å². The van der Waals surface area contributed by atoms with E-state index in [0.29, 0.717) is 12.0 Å². The molecule has 20 heavy (non-hydrogen) atoms. The second-order valence-corrected chi connectivity index (χ2v) is 4.99. The smallest absolute Gasteiger partial charge is 0.124 e. The van der Waals surface area contributed by atoms with Crippen molar-refractivity contribution in [2.45, 2.75) is 26.0 Å². The minimum Gasteiger partial charge on any atom is -0.395 e. The summed E-state index contributed by atoms with van der Waals surface area (Å²) < 4.78 is 18.9. The zero-order valence-corrected chi connectivity index (χ0v) is 11.7. The van der Waals surface area contributed by atoms with Gasteiger partial charge in [0.25, 0.3) is 0 Å². The summed E-state index contributed by atoms with van der Waals surface area (Å²) in [6, 6.07) is 4.72. The Hall–Kier alpha value is -1.41. The number of benzene rings is 1. The summed E-state index contributed by atoms with van der Waals surface area (Å²) in [6.45, 7) is 5.31. The molecule has 0 bridgehead atoms. The highest BCUT2D eigenvalue weighted by Crippen LogP contribution is 2.15. The lowest BCUT2D eigenvalue weighted by Crippen LogP contribution is -2.40. The predicted molar refractivity (Wildman–Crippen MR) is 75.7 cm³/mol. The molecule has 1 aliphatic rings. The molecule has 0 spiro atoms. The Morgan fingerprint density at radius 1 is 1.50 bits per heavy atom. The molecule has 1 N–H and O–H groups in total. The predicted octanol–water partition coefficient (Wildman–Crippen LogP) is 1.78. The van der Waals surface area contributed by atoms with Crippen molar-refractivity contribution < 1.29 is 14.2 Å². The Balaban J connectivity index is 2.12. The average molecular weight is 277 g/mol. The molecule has 1 fully saturated rings. The van der Waals surface area contributed by atoms with E-state index in [2.05, 4.69) is 23.7 Å². The van der Waals surface area contributed by atoms with E-state index in [-0.39, 0.29) is 18.5 Å². The van der Waals surface area contributed by atoms with Crippen molar-refractivity contribution in [2.24, 2.45) is 0 Å². The largest absolute Gasteiger partial charge is 0.395 e. The molecule has 3 nitrogen and oxygen atoms in total. The van der Waals surface area contributed by atoms with E-state index in [1.165, 1.54) is 12.1 Å². The monoisotopic (exact) mass is 277 g/mol. The number of nitrogens with zero attached hydrogens (tertiary/aromatic N) is 1. The fourth-order valence-corrected chi connectivity index (χ4v) is 2.29. The maximum absolute atomic E-state index is 13.3. The first kappa shape index (κ1) is 15.0. The molecule has 1 saturated heterocycles. The third-order valence-corrected chi connectivity index (χ3v) is 3.25. The van der Waals surface area contributed by atoms with Gasteiger partial charge in [0.2, 0.25) is 0 Å². The van der Waals surface area contributed by atoms with Gasteiger partial charge in [-0.1, -0.05) is 17.9 Å². The van der Waals surface area contributed by atoms with Gasteiger partial charge in [0.05, 0.1) is 19.3 Å². The van der Waals surface area contributed by atoms with Crippen molar-refractivity contribution in [3.63, 3.8) is 0 Å². The van der Waals surface area contributed by atoms with Crippen molar-refractivity contribution >= 4 is 0 Å². The van der Waals surface area contributed by atoms with Gasteiger partial charge in [-0.25, -0.2) is 4.39 Å². The summed E-state index contributed by atoms with van der Waals surface area (Å²) in [5.74, 6) is 5.52. The van der Waals surface area contributed by atoms with Crippen LogP contribution >= 0.6 is 0 Å². The van der Waals surface area contributed by atoms with Crippen LogP contribution < -0.4 is 0 Å². The van der Waals surface area contributed by atoms with Crippen LogP contribution in [-0.2, 0) is 11.3 Å². The summed E-state index contributed by atoms with van der Waals surface area (Å²) >= 11 is 0. The topological polar surface area (TPSA) is 32.7 Å². The average Bonchev–Trinajstić information content (AvgIpc) is 2.42. The minimum absolute atomic E-state index is 0.0264. The molecule has 4 heteroatoms. The van der Waals surface area contributed by atoms with Crippen LogP contribution in [0.25, 0.3) is 0 Å². The van der Waals surface area contributed by atoms with Gasteiger partial charge < -0.3 is 9.84 Å². The number of morpholine rings is 1. The van der Waals surface area contributed by atoms with Crippen LogP contribution in [0.1, 0.15) is 24.5 Å². The highest BCUT2D eigenvalue weighted by atomic mass is 19.1. The Morgan fingerprint density at radius 2 is 2.35 bits per heavy atom. The zero-order valence-electron chi connectivity index (χ0n) is 11.7. The summed E-state index contributed by atoms with van der Waals surface area (Å²) in [5, 5.41) is 8.76. The lowest BCUT2D eigenvalue weighted by Gasteiger charge is -2.31. The molecule has 2 rings (SSSR count). The summed E-state index contributed by atoms with van der Waals surface area (Å²) in [4.78, 5) is 2.29. The molecule has 0 radical (unpaired) electrons. The number of rotatable bonds is 3. The molecule has 0 saturated carbocycles. The molecule has 1 aromatic carbocycles. The normalized spacial score (nSPS) is 19.4. The van der Waals surface area contributed by atoms with Crippen molar-refractivity contribution in [1.29, 1.82) is 0 Å². The number of aliphatic hydroxyl groups is 1. The van der Waals surface area contributed by atoms with Crippen LogP contribution in [0.4, 0.5) is 4.39 Å². The van der Waals surface area contributed by atoms with Gasteiger partial charge in [-0.05, 0) is 24.6 Å². The van der Waals surface area contributed by atoms with Gasteiger partial charge in [-0.2, -0.15) is 0 Å². The molecule has 1 aromatic rings. The number of hydrogen-bond acceptors (Lipinski definition) is 3. The highest BCUT2D eigenvalue weighted by Gasteiger charge is 2.17. The van der Waals surface area contributed by atoms with Crippen molar-refractivity contribution in [3.05, 3.63) is 35.1 Å². The fraction of sp³-hybridized carbons (Fsp3) is 0.500. The first-order valence-corrected chi connectivity index (χ1v) is 6.91. The van der Waals surface area contributed by atoms with E-state index in [1.807, 2.05) is 0 Å². The number of halogens is 1. The van der Waals surface area contributed by atoms with Crippen LogP contribution in [-0.4, -0.2) is 42.4 Å². The van der Waals surface area contributed by atoms with Crippen LogP contribution in [0.15, 0.2) is 18.2 Å². The fourth-order valence-electron chi connectivity index (χ4n) is 2.29. The summed E-state index contributed by atoms with van der Waals surface area (Å²) in [7, 11) is 0. The zero-order chi connectivity index (χ0) is 14.4. The third kappa shape index (κ3) is 4.31. The van der Waals surface area contributed by atoms with Gasteiger partial charge in [0.1, 0.15) is 5.82 Å².